The molecular weight excluding hydrogens is 356 g/mol. The molecule has 4 rings (SSSR count). The lowest BCUT2D eigenvalue weighted by molar-refractivity contribution is -0.121. The van der Waals surface area contributed by atoms with Gasteiger partial charge in [0.2, 0.25) is 5.91 Å². The van der Waals surface area contributed by atoms with Crippen LogP contribution in [0, 0.1) is 0 Å². The van der Waals surface area contributed by atoms with Gasteiger partial charge in [0, 0.05) is 31.4 Å². The Balaban J connectivity index is 1.62. The van der Waals surface area contributed by atoms with Gasteiger partial charge in [-0.1, -0.05) is 29.5 Å². The lowest BCUT2D eigenvalue weighted by atomic mass is 10.1. The third-order valence-corrected chi connectivity index (χ3v) is 4.44. The van der Waals surface area contributed by atoms with Gasteiger partial charge in [-0.05, 0) is 18.2 Å². The fourth-order valence-corrected chi connectivity index (χ4v) is 3.18. The van der Waals surface area contributed by atoms with Crippen molar-refractivity contribution in [2.75, 3.05) is 13.2 Å². The summed E-state index contributed by atoms with van der Waals surface area (Å²) in [5.41, 5.74) is 2.86. The Labute approximate surface area is 163 Å². The molecule has 1 aromatic carbocycles. The maximum atomic E-state index is 12.0. The minimum absolute atomic E-state index is 0.115. The summed E-state index contributed by atoms with van der Waals surface area (Å²) in [5.74, 6) is 0.708. The first-order chi connectivity index (χ1) is 13.8. The van der Waals surface area contributed by atoms with Crippen molar-refractivity contribution in [2.45, 2.75) is 26.2 Å². The van der Waals surface area contributed by atoms with Crippen molar-refractivity contribution in [1.29, 1.82) is 0 Å². The zero-order chi connectivity index (χ0) is 19.2. The topological polar surface area (TPSA) is 85.2 Å². The Hall–Kier alpha value is -3.26. The second-order valence-electron chi connectivity index (χ2n) is 6.68. The quantitative estimate of drug-likeness (QED) is 0.725. The van der Waals surface area contributed by atoms with Gasteiger partial charge in [-0.25, -0.2) is 4.68 Å². The summed E-state index contributed by atoms with van der Waals surface area (Å²) in [6, 6.07) is 13.9. The molecule has 0 unspecified atom stereocenters. The fraction of sp³-hybridized carbons (Fsp3) is 0.300. The molecule has 28 heavy (non-hydrogen) atoms. The molecule has 0 radical (unpaired) electrons. The van der Waals surface area contributed by atoms with E-state index in [0.717, 1.165) is 22.7 Å². The first kappa shape index (κ1) is 18.1. The highest BCUT2D eigenvalue weighted by molar-refractivity contribution is 5.75. The number of nitrogens with one attached hydrogen (secondary N) is 1. The smallest absolute Gasteiger partial charge is 0.241 e. The molecule has 2 aromatic heterocycles. The van der Waals surface area contributed by atoms with Crippen molar-refractivity contribution in [1.82, 2.24) is 30.2 Å². The molecule has 1 aliphatic rings. The van der Waals surface area contributed by atoms with E-state index in [0.29, 0.717) is 32.8 Å². The van der Waals surface area contributed by atoms with E-state index in [4.69, 9.17) is 4.74 Å². The molecule has 1 N–H and O–H groups in total. The molecular formula is C20H22N6O2. The van der Waals surface area contributed by atoms with E-state index >= 15 is 0 Å². The van der Waals surface area contributed by atoms with Crippen LogP contribution in [0.3, 0.4) is 0 Å². The molecule has 8 heteroatoms. The normalized spacial score (nSPS) is 15.8. The van der Waals surface area contributed by atoms with E-state index in [1.54, 1.807) is 10.9 Å². The highest BCUT2D eigenvalue weighted by atomic mass is 16.5. The van der Waals surface area contributed by atoms with Crippen molar-refractivity contribution in [3.05, 3.63) is 71.8 Å². The molecule has 0 aliphatic carbocycles. The summed E-state index contributed by atoms with van der Waals surface area (Å²) in [6.07, 6.45) is 3.62. The van der Waals surface area contributed by atoms with E-state index in [2.05, 4.69) is 31.6 Å². The van der Waals surface area contributed by atoms with Gasteiger partial charge in [0.15, 0.2) is 0 Å². The molecule has 8 nitrogen and oxygen atoms in total. The van der Waals surface area contributed by atoms with E-state index in [1.165, 1.54) is 0 Å². The predicted molar refractivity (Wildman–Crippen MR) is 102 cm³/mol. The van der Waals surface area contributed by atoms with Crippen LogP contribution in [0.4, 0.5) is 0 Å². The van der Waals surface area contributed by atoms with Crippen molar-refractivity contribution < 1.29 is 9.53 Å². The molecule has 0 atom stereocenters. The Bertz CT molecular complexity index is 927. The van der Waals surface area contributed by atoms with Crippen LogP contribution in [0.1, 0.15) is 17.0 Å². The second kappa shape index (κ2) is 8.62. The number of amides is 1. The number of pyridine rings is 1. The molecule has 1 aliphatic heterocycles. The number of benzene rings is 1. The van der Waals surface area contributed by atoms with E-state index in [-0.39, 0.29) is 12.5 Å². The first-order valence-electron chi connectivity index (χ1n) is 9.25. The van der Waals surface area contributed by atoms with Crippen LogP contribution in [0.25, 0.3) is 0 Å². The summed E-state index contributed by atoms with van der Waals surface area (Å²) in [6.45, 7) is 2.93. The largest absolute Gasteiger partial charge is 0.491 e. The van der Waals surface area contributed by atoms with Crippen molar-refractivity contribution in [3.8, 4) is 5.75 Å². The molecule has 2 bridgehead atoms. The number of carbonyl (C=O) groups is 1. The molecule has 0 fully saturated rings. The van der Waals surface area contributed by atoms with Gasteiger partial charge in [-0.15, -0.1) is 5.10 Å². The van der Waals surface area contributed by atoms with E-state index in [9.17, 15) is 4.79 Å². The summed E-state index contributed by atoms with van der Waals surface area (Å²) in [5, 5.41) is 11.1. The van der Waals surface area contributed by atoms with Crippen LogP contribution in [0.2, 0.25) is 0 Å². The zero-order valence-corrected chi connectivity index (χ0v) is 15.5. The Morgan fingerprint density at radius 2 is 1.96 bits per heavy atom. The van der Waals surface area contributed by atoms with Gasteiger partial charge in [0.25, 0.3) is 0 Å². The summed E-state index contributed by atoms with van der Waals surface area (Å²) in [4.78, 5) is 18.7. The second-order valence-corrected chi connectivity index (χ2v) is 6.68. The van der Waals surface area contributed by atoms with E-state index in [1.807, 2.05) is 42.6 Å². The lowest BCUT2D eigenvalue weighted by Gasteiger charge is -2.22. The summed E-state index contributed by atoms with van der Waals surface area (Å²) < 4.78 is 7.48. The average Bonchev–Trinajstić information content (AvgIpc) is 3.13. The number of ether oxygens (including phenoxy) is 1. The maximum Gasteiger partial charge on any atom is 0.241 e. The number of hydrogen-bond donors (Lipinski definition) is 1. The highest BCUT2D eigenvalue weighted by Gasteiger charge is 2.15. The number of para-hydroxylation sites is 1. The zero-order valence-electron chi connectivity index (χ0n) is 15.5. The Morgan fingerprint density at radius 3 is 2.86 bits per heavy atom. The fourth-order valence-electron chi connectivity index (χ4n) is 3.18. The maximum absolute atomic E-state index is 12.0. The summed E-state index contributed by atoms with van der Waals surface area (Å²) in [7, 11) is 0. The molecule has 0 saturated heterocycles. The Kier molecular flexibility index (Phi) is 5.58. The van der Waals surface area contributed by atoms with Gasteiger partial charge >= 0.3 is 0 Å². The van der Waals surface area contributed by atoms with Gasteiger partial charge in [0.05, 0.1) is 24.1 Å². The Morgan fingerprint density at radius 1 is 1.07 bits per heavy atom. The van der Waals surface area contributed by atoms with Gasteiger partial charge in [-0.2, -0.15) is 0 Å². The van der Waals surface area contributed by atoms with Crippen molar-refractivity contribution in [2.24, 2.45) is 0 Å². The van der Waals surface area contributed by atoms with Gasteiger partial charge < -0.3 is 10.1 Å². The standard InChI is InChI=1S/C20H22N6O2/c27-20-15-26-14-18(23-24-26)13-25(12-17-6-3-4-8-21-17)11-16-5-1-2-7-19(16)28-10-9-22-20/h1-8,14H,9-13,15H2,(H,22,27). The minimum Gasteiger partial charge on any atom is -0.491 e. The average molecular weight is 378 g/mol. The van der Waals surface area contributed by atoms with Crippen LogP contribution in [0.15, 0.2) is 54.9 Å². The monoisotopic (exact) mass is 378 g/mol. The van der Waals surface area contributed by atoms with Crippen LogP contribution in [-0.4, -0.2) is 43.9 Å². The predicted octanol–water partition coefficient (Wildman–Crippen LogP) is 1.38. The number of carbonyl (C=O) groups excluding carboxylic acids is 1. The number of fused-ring (bicyclic) bond motifs is 3. The van der Waals surface area contributed by atoms with Crippen molar-refractivity contribution in [3.63, 3.8) is 0 Å². The van der Waals surface area contributed by atoms with E-state index < -0.39 is 0 Å². The third-order valence-electron chi connectivity index (χ3n) is 4.44. The molecule has 0 saturated carbocycles. The lowest BCUT2D eigenvalue weighted by Crippen LogP contribution is -2.31. The molecule has 3 heterocycles. The van der Waals surface area contributed by atoms with Crippen LogP contribution < -0.4 is 10.1 Å². The third kappa shape index (κ3) is 4.72. The molecule has 144 valence electrons. The highest BCUT2D eigenvalue weighted by Crippen LogP contribution is 2.21. The molecule has 0 spiro atoms. The van der Waals surface area contributed by atoms with Crippen molar-refractivity contribution >= 4 is 5.91 Å². The molecule has 3 aromatic rings. The summed E-state index contributed by atoms with van der Waals surface area (Å²) >= 11 is 0. The number of aromatic nitrogens is 4. The minimum atomic E-state index is -0.115. The van der Waals surface area contributed by atoms with Gasteiger partial charge in [0.1, 0.15) is 18.9 Å². The SMILES string of the molecule is O=C1Cn2cc(nn2)CN(Cc2ccccn2)Cc2ccccc2OCCN1. The number of hydrogen-bond acceptors (Lipinski definition) is 6. The first-order valence-corrected chi connectivity index (χ1v) is 9.25. The number of rotatable bonds is 2. The van der Waals surface area contributed by atoms with Crippen LogP contribution in [-0.2, 0) is 31.0 Å². The molecule has 1 amide bonds. The van der Waals surface area contributed by atoms with Gasteiger partial charge in [-0.3, -0.25) is 14.7 Å². The van der Waals surface area contributed by atoms with Crippen LogP contribution in [0.5, 0.6) is 5.75 Å². The number of nitrogens with zero attached hydrogens (tertiary/aromatic N) is 5. The van der Waals surface area contributed by atoms with Crippen LogP contribution >= 0.6 is 0 Å².